The zero-order chi connectivity index (χ0) is 24.0. The normalized spacial score (nSPS) is 15.0. The molecule has 4 aromatic rings. The number of rotatable bonds is 5. The van der Waals surface area contributed by atoms with Crippen LogP contribution in [-0.4, -0.2) is 12.5 Å². The Morgan fingerprint density at radius 1 is 1.09 bits per heavy atom. The van der Waals surface area contributed by atoms with Gasteiger partial charge in [-0.2, -0.15) is 0 Å². The molecule has 1 aromatic heterocycles. The lowest BCUT2D eigenvalue weighted by molar-refractivity contribution is 0.0971. The van der Waals surface area contributed by atoms with Gasteiger partial charge in [-0.3, -0.25) is 14.5 Å². The van der Waals surface area contributed by atoms with Crippen molar-refractivity contribution in [2.75, 3.05) is 11.5 Å². The Morgan fingerprint density at radius 2 is 1.91 bits per heavy atom. The van der Waals surface area contributed by atoms with Crippen LogP contribution in [0.1, 0.15) is 38.9 Å². The number of nitrogens with zero attached hydrogens (tertiary/aromatic N) is 1. The number of aryl methyl sites for hydroxylation is 2. The molecule has 5 nitrogen and oxygen atoms in total. The number of fused-ring (bicyclic) bond motifs is 2. The monoisotopic (exact) mass is 471 g/mol. The van der Waals surface area contributed by atoms with Crippen LogP contribution in [0.4, 0.5) is 5.69 Å². The van der Waals surface area contributed by atoms with Crippen LogP contribution >= 0.6 is 11.6 Å². The molecule has 0 bridgehead atoms. The summed E-state index contributed by atoms with van der Waals surface area (Å²) in [6.07, 6.45) is 1.66. The Balaban J connectivity index is 1.77. The predicted molar refractivity (Wildman–Crippen MR) is 134 cm³/mol. The summed E-state index contributed by atoms with van der Waals surface area (Å²) in [5, 5.41) is 0.975. The Kier molecular flexibility index (Phi) is 5.50. The molecule has 1 atom stereocenters. The van der Waals surface area contributed by atoms with Gasteiger partial charge in [-0.15, -0.1) is 0 Å². The molecule has 0 N–H and O–H groups in total. The molecule has 34 heavy (non-hydrogen) atoms. The van der Waals surface area contributed by atoms with Crippen LogP contribution in [0.15, 0.2) is 82.5 Å². The van der Waals surface area contributed by atoms with E-state index in [0.29, 0.717) is 39.6 Å². The van der Waals surface area contributed by atoms with Crippen LogP contribution in [-0.2, 0) is 0 Å². The van der Waals surface area contributed by atoms with Gasteiger partial charge in [0.05, 0.1) is 17.0 Å². The molecule has 6 heteroatoms. The summed E-state index contributed by atoms with van der Waals surface area (Å²) >= 11 is 6.41. The molecular formula is C28H22ClNO4. The summed E-state index contributed by atoms with van der Waals surface area (Å²) in [6.45, 7) is 7.83. The fourth-order valence-corrected chi connectivity index (χ4v) is 4.50. The van der Waals surface area contributed by atoms with Crippen molar-refractivity contribution in [3.8, 4) is 5.75 Å². The summed E-state index contributed by atoms with van der Waals surface area (Å²) in [4.78, 5) is 29.0. The predicted octanol–water partition coefficient (Wildman–Crippen LogP) is 6.38. The molecule has 0 spiro atoms. The second kappa shape index (κ2) is 8.50. The van der Waals surface area contributed by atoms with Gasteiger partial charge in [0.2, 0.25) is 5.76 Å². The SMILES string of the molecule is C=CCOc1cccc(C2c3c(oc4ccc(C)cc4c3=O)C(=O)N2c2ccc(C)c(Cl)c2)c1. The van der Waals surface area contributed by atoms with Crippen molar-refractivity contribution in [1.29, 1.82) is 0 Å². The highest BCUT2D eigenvalue weighted by Gasteiger charge is 2.43. The van der Waals surface area contributed by atoms with E-state index in [1.807, 2.05) is 56.3 Å². The third-order valence-electron chi connectivity index (χ3n) is 6.00. The summed E-state index contributed by atoms with van der Waals surface area (Å²) in [6, 6.07) is 17.4. The Hall–Kier alpha value is -3.83. The molecule has 5 rings (SSSR count). The number of anilines is 1. The van der Waals surface area contributed by atoms with Crippen molar-refractivity contribution in [3.63, 3.8) is 0 Å². The van der Waals surface area contributed by atoms with Crippen LogP contribution in [0, 0.1) is 13.8 Å². The van der Waals surface area contributed by atoms with E-state index in [-0.39, 0.29) is 11.2 Å². The molecular weight excluding hydrogens is 450 g/mol. The second-order valence-corrected chi connectivity index (χ2v) is 8.76. The standard InChI is InChI=1S/C28H22ClNO4/c1-4-12-33-20-7-5-6-18(14-20)25-24-26(31)21-13-16(2)8-11-23(21)34-27(24)28(32)30(25)19-10-9-17(3)22(29)15-19/h4-11,13-15,25H,1,12H2,2-3H3. The number of halogens is 1. The highest BCUT2D eigenvalue weighted by atomic mass is 35.5. The molecule has 1 unspecified atom stereocenters. The summed E-state index contributed by atoms with van der Waals surface area (Å²) < 4.78 is 11.8. The smallest absolute Gasteiger partial charge is 0.295 e. The van der Waals surface area contributed by atoms with E-state index in [4.69, 9.17) is 20.8 Å². The Labute approximate surface area is 201 Å². The van der Waals surface area contributed by atoms with E-state index in [2.05, 4.69) is 6.58 Å². The van der Waals surface area contributed by atoms with Crippen LogP contribution in [0.2, 0.25) is 5.02 Å². The molecule has 0 saturated carbocycles. The number of amides is 1. The van der Waals surface area contributed by atoms with Gasteiger partial charge in [-0.05, 0) is 61.4 Å². The third kappa shape index (κ3) is 3.58. The first kappa shape index (κ1) is 22.0. The van der Waals surface area contributed by atoms with Gasteiger partial charge in [-0.25, -0.2) is 0 Å². The van der Waals surface area contributed by atoms with Gasteiger partial charge in [0, 0.05) is 10.7 Å². The zero-order valence-corrected chi connectivity index (χ0v) is 19.6. The topological polar surface area (TPSA) is 59.8 Å². The van der Waals surface area contributed by atoms with Crippen LogP contribution in [0.5, 0.6) is 5.75 Å². The lowest BCUT2D eigenvalue weighted by Gasteiger charge is -2.26. The maximum atomic E-state index is 13.7. The lowest BCUT2D eigenvalue weighted by atomic mass is 9.97. The minimum atomic E-state index is -0.699. The average Bonchev–Trinajstić information content (AvgIpc) is 3.13. The third-order valence-corrected chi connectivity index (χ3v) is 6.41. The fraction of sp³-hybridized carbons (Fsp3) is 0.143. The van der Waals surface area contributed by atoms with Gasteiger partial charge in [0.25, 0.3) is 5.91 Å². The minimum Gasteiger partial charge on any atom is -0.490 e. The molecule has 1 aliphatic rings. The number of carbonyl (C=O) groups excluding carboxylic acids is 1. The Bertz CT molecular complexity index is 1520. The second-order valence-electron chi connectivity index (χ2n) is 8.36. The van der Waals surface area contributed by atoms with Gasteiger partial charge in [0.15, 0.2) is 5.43 Å². The minimum absolute atomic E-state index is 0.0421. The van der Waals surface area contributed by atoms with Gasteiger partial charge in [0.1, 0.15) is 17.9 Å². The molecule has 0 radical (unpaired) electrons. The molecule has 1 aliphatic heterocycles. The first-order valence-corrected chi connectivity index (χ1v) is 11.3. The zero-order valence-electron chi connectivity index (χ0n) is 18.8. The van der Waals surface area contributed by atoms with Crippen molar-refractivity contribution in [2.24, 2.45) is 0 Å². The first-order valence-electron chi connectivity index (χ1n) is 10.9. The van der Waals surface area contributed by atoms with E-state index in [1.54, 1.807) is 29.2 Å². The first-order chi connectivity index (χ1) is 16.4. The highest BCUT2D eigenvalue weighted by molar-refractivity contribution is 6.31. The summed E-state index contributed by atoms with van der Waals surface area (Å²) in [5.41, 5.74) is 3.59. The van der Waals surface area contributed by atoms with Crippen LogP contribution in [0.3, 0.4) is 0 Å². The van der Waals surface area contributed by atoms with Gasteiger partial charge >= 0.3 is 0 Å². The summed E-state index contributed by atoms with van der Waals surface area (Å²) in [5.74, 6) is 0.263. The van der Waals surface area contributed by atoms with Crippen LogP contribution < -0.4 is 15.1 Å². The van der Waals surface area contributed by atoms with Gasteiger partial charge < -0.3 is 9.15 Å². The van der Waals surface area contributed by atoms with E-state index in [0.717, 1.165) is 16.7 Å². The molecule has 0 aliphatic carbocycles. The molecule has 0 fully saturated rings. The van der Waals surface area contributed by atoms with E-state index < -0.39 is 11.9 Å². The number of ether oxygens (including phenoxy) is 1. The molecule has 170 valence electrons. The fourth-order valence-electron chi connectivity index (χ4n) is 4.33. The molecule has 1 amide bonds. The summed E-state index contributed by atoms with van der Waals surface area (Å²) in [7, 11) is 0. The molecule has 0 saturated heterocycles. The van der Waals surface area contributed by atoms with E-state index >= 15 is 0 Å². The van der Waals surface area contributed by atoms with Crippen molar-refractivity contribution >= 4 is 34.2 Å². The number of hydrogen-bond donors (Lipinski definition) is 0. The highest BCUT2D eigenvalue weighted by Crippen LogP contribution is 2.42. The quantitative estimate of drug-likeness (QED) is 0.317. The molecule has 2 heterocycles. The maximum Gasteiger partial charge on any atom is 0.295 e. The van der Waals surface area contributed by atoms with Crippen LogP contribution in [0.25, 0.3) is 11.0 Å². The lowest BCUT2D eigenvalue weighted by Crippen LogP contribution is -2.29. The Morgan fingerprint density at radius 3 is 2.68 bits per heavy atom. The van der Waals surface area contributed by atoms with Crippen molar-refractivity contribution in [3.05, 3.63) is 117 Å². The maximum absolute atomic E-state index is 13.7. The van der Waals surface area contributed by atoms with E-state index in [9.17, 15) is 9.59 Å². The van der Waals surface area contributed by atoms with Crippen molar-refractivity contribution in [2.45, 2.75) is 19.9 Å². The van der Waals surface area contributed by atoms with Crippen molar-refractivity contribution in [1.82, 2.24) is 0 Å². The number of benzene rings is 3. The molecule has 3 aromatic carbocycles. The van der Waals surface area contributed by atoms with E-state index in [1.165, 1.54) is 0 Å². The van der Waals surface area contributed by atoms with Crippen molar-refractivity contribution < 1.29 is 13.9 Å². The van der Waals surface area contributed by atoms with Gasteiger partial charge in [-0.1, -0.05) is 54.1 Å². The number of carbonyl (C=O) groups is 1. The average molecular weight is 472 g/mol. The number of hydrogen-bond acceptors (Lipinski definition) is 4. The largest absolute Gasteiger partial charge is 0.490 e.